The second kappa shape index (κ2) is 12.8. The Bertz CT molecular complexity index is 1460. The first-order valence-electron chi connectivity index (χ1n) is 15.5. The Morgan fingerprint density at radius 1 is 1.11 bits per heavy atom. The molecule has 0 spiro atoms. The fourth-order valence-electron chi connectivity index (χ4n) is 5.83. The van der Waals surface area contributed by atoms with E-state index < -0.39 is 23.3 Å². The summed E-state index contributed by atoms with van der Waals surface area (Å²) in [6.45, 7) is 14.9. The highest BCUT2D eigenvalue weighted by Gasteiger charge is 2.38. The topological polar surface area (TPSA) is 139 Å². The first-order chi connectivity index (χ1) is 21.2. The largest absolute Gasteiger partial charge is 0.487 e. The van der Waals surface area contributed by atoms with Crippen LogP contribution in [0.3, 0.4) is 0 Å². The number of nitrogens with zero attached hydrogens (tertiary/aromatic N) is 6. The Morgan fingerprint density at radius 2 is 1.80 bits per heavy atom. The zero-order valence-corrected chi connectivity index (χ0v) is 27.1. The molecule has 244 valence electrons. The van der Waals surface area contributed by atoms with Gasteiger partial charge in [0.05, 0.1) is 24.5 Å². The second-order valence-electron chi connectivity index (χ2n) is 13.6. The molecule has 2 N–H and O–H groups in total. The molecule has 0 aliphatic carbocycles. The van der Waals surface area contributed by atoms with Gasteiger partial charge in [-0.1, -0.05) is 22.9 Å². The fourth-order valence-corrected chi connectivity index (χ4v) is 5.83. The summed E-state index contributed by atoms with van der Waals surface area (Å²) in [4.78, 5) is 30.1. The van der Waals surface area contributed by atoms with Gasteiger partial charge in [-0.15, -0.1) is 0 Å². The van der Waals surface area contributed by atoms with Gasteiger partial charge in [0.2, 0.25) is 11.8 Å². The van der Waals surface area contributed by atoms with Crippen LogP contribution in [0.1, 0.15) is 77.3 Å². The molecule has 2 aliphatic heterocycles. The molecule has 5 rings (SSSR count). The molecule has 4 heterocycles. The van der Waals surface area contributed by atoms with E-state index in [0.29, 0.717) is 42.3 Å². The van der Waals surface area contributed by atoms with Crippen molar-refractivity contribution >= 4 is 18.1 Å². The third-order valence-corrected chi connectivity index (χ3v) is 8.23. The molecule has 45 heavy (non-hydrogen) atoms. The van der Waals surface area contributed by atoms with E-state index in [1.54, 1.807) is 53.1 Å². The minimum atomic E-state index is -1.16. The highest BCUT2D eigenvalue weighted by atomic mass is 19.1. The lowest BCUT2D eigenvalue weighted by atomic mass is 9.92. The van der Waals surface area contributed by atoms with Crippen LogP contribution < -0.4 is 19.9 Å². The molecule has 12 nitrogen and oxygen atoms in total. The number of nitrogens with one attached hydrogen (secondary N) is 1. The number of benzene rings is 1. The summed E-state index contributed by atoms with van der Waals surface area (Å²) in [6, 6.07) is 5.03. The smallest absolute Gasteiger partial charge is 0.407 e. The number of alkyl carbamates (subject to hydrolysis) is 1. The van der Waals surface area contributed by atoms with Crippen LogP contribution in [-0.2, 0) is 10.3 Å². The molecule has 0 bridgehead atoms. The van der Waals surface area contributed by atoms with Gasteiger partial charge in [-0.05, 0) is 78.9 Å². The van der Waals surface area contributed by atoms with Crippen molar-refractivity contribution in [3.8, 4) is 5.75 Å². The number of carbonyl (C=O) groups is 1. The second-order valence-corrected chi connectivity index (χ2v) is 13.6. The van der Waals surface area contributed by atoms with Gasteiger partial charge in [0.1, 0.15) is 17.0 Å². The lowest BCUT2D eigenvalue weighted by Crippen LogP contribution is -2.43. The van der Waals surface area contributed by atoms with Gasteiger partial charge in [0, 0.05) is 32.1 Å². The molecular formula is C32H44FN7O5. The number of hydrogen-bond donors (Lipinski definition) is 2. The summed E-state index contributed by atoms with van der Waals surface area (Å²) in [5, 5.41) is 17.0. The van der Waals surface area contributed by atoms with Crippen LogP contribution >= 0.6 is 0 Å². The SMILES string of the molecule is Cc1ccc(F)c([C@H]2CN(c3ncc(O[C@@H](C)C4CCN(c5nc(C(C)(C)O)no5)CC4)cn3)CC2NC(=O)OC(C)(C)C)c1. The lowest BCUT2D eigenvalue weighted by molar-refractivity contribution is 0.0504. The lowest BCUT2D eigenvalue weighted by Gasteiger charge is -2.33. The molecule has 2 fully saturated rings. The molecule has 3 atom stereocenters. The summed E-state index contributed by atoms with van der Waals surface area (Å²) >= 11 is 0. The number of hydrogen-bond acceptors (Lipinski definition) is 11. The number of aryl methyl sites for hydroxylation is 1. The van der Waals surface area contributed by atoms with Gasteiger partial charge in [0.15, 0.2) is 5.75 Å². The van der Waals surface area contributed by atoms with Crippen molar-refractivity contribution in [3.05, 3.63) is 53.4 Å². The Kier molecular flexibility index (Phi) is 9.20. The maximum atomic E-state index is 15.0. The fraction of sp³-hybridized carbons (Fsp3) is 0.594. The normalized spacial score (nSPS) is 20.3. The third kappa shape index (κ3) is 7.99. The van der Waals surface area contributed by atoms with E-state index in [1.165, 1.54) is 6.07 Å². The predicted octanol–water partition coefficient (Wildman–Crippen LogP) is 4.72. The third-order valence-electron chi connectivity index (χ3n) is 8.23. The van der Waals surface area contributed by atoms with Crippen molar-refractivity contribution in [1.82, 2.24) is 25.4 Å². The minimum Gasteiger partial charge on any atom is -0.487 e. The summed E-state index contributed by atoms with van der Waals surface area (Å²) < 4.78 is 32.1. The van der Waals surface area contributed by atoms with Gasteiger partial charge >= 0.3 is 12.1 Å². The highest BCUT2D eigenvalue weighted by Crippen LogP contribution is 2.33. The summed E-state index contributed by atoms with van der Waals surface area (Å²) in [7, 11) is 0. The molecule has 1 aromatic carbocycles. The van der Waals surface area contributed by atoms with Crippen LogP contribution in [0.4, 0.5) is 21.1 Å². The number of ether oxygens (including phenoxy) is 2. The number of carbonyl (C=O) groups excluding carboxylic acids is 1. The van der Waals surface area contributed by atoms with E-state index >= 15 is 0 Å². The van der Waals surface area contributed by atoms with Crippen molar-refractivity contribution < 1.29 is 28.3 Å². The summed E-state index contributed by atoms with van der Waals surface area (Å²) in [6.07, 6.45) is 4.43. The standard InChI is InChI=1S/C32H44FN7O5/c1-19-8-9-25(33)23(14-19)24-17-40(18-26(24)36-30(41)44-31(3,4)5)28-34-15-22(16-35-28)43-20(2)21-10-12-39(13-11-21)29-37-27(38-45-29)32(6,7)42/h8-9,14-16,20-21,24,26,42H,10-13,17-18H2,1-7H3,(H,36,41)/t20-,24+,26?/m0/s1. The van der Waals surface area contributed by atoms with E-state index in [0.717, 1.165) is 31.5 Å². The van der Waals surface area contributed by atoms with Gasteiger partial charge in [-0.2, -0.15) is 4.98 Å². The molecule has 2 aromatic heterocycles. The molecule has 2 aliphatic rings. The van der Waals surface area contributed by atoms with Gasteiger partial charge < -0.3 is 34.2 Å². The number of halogens is 1. The quantitative estimate of drug-likeness (QED) is 0.360. The van der Waals surface area contributed by atoms with Crippen molar-refractivity contribution in [1.29, 1.82) is 0 Å². The molecule has 0 radical (unpaired) electrons. The zero-order chi connectivity index (χ0) is 32.5. The van der Waals surface area contributed by atoms with Crippen molar-refractivity contribution in [3.63, 3.8) is 0 Å². The number of piperidine rings is 1. The Hall–Kier alpha value is -4.00. The van der Waals surface area contributed by atoms with Crippen LogP contribution in [-0.4, -0.2) is 75.2 Å². The van der Waals surface area contributed by atoms with Crippen LogP contribution in [0, 0.1) is 18.7 Å². The van der Waals surface area contributed by atoms with Crippen LogP contribution in [0.25, 0.3) is 0 Å². The molecule has 1 unspecified atom stereocenters. The monoisotopic (exact) mass is 625 g/mol. The maximum absolute atomic E-state index is 15.0. The van der Waals surface area contributed by atoms with Gasteiger partial charge in [-0.3, -0.25) is 0 Å². The van der Waals surface area contributed by atoms with Crippen molar-refractivity contribution in [2.24, 2.45) is 5.92 Å². The first-order valence-corrected chi connectivity index (χ1v) is 15.5. The average Bonchev–Trinajstić information content (AvgIpc) is 3.62. The summed E-state index contributed by atoms with van der Waals surface area (Å²) in [5.74, 6) is 0.965. The van der Waals surface area contributed by atoms with Crippen molar-refractivity contribution in [2.45, 2.75) is 90.6 Å². The number of aliphatic hydroxyl groups is 1. The summed E-state index contributed by atoms with van der Waals surface area (Å²) in [5.41, 5.74) is -0.341. The number of amides is 1. The Labute approximate surface area is 263 Å². The molecular weight excluding hydrogens is 581 g/mol. The predicted molar refractivity (Wildman–Crippen MR) is 166 cm³/mol. The molecule has 13 heteroatoms. The van der Waals surface area contributed by atoms with E-state index in [1.807, 2.05) is 29.7 Å². The average molecular weight is 626 g/mol. The number of anilines is 2. The number of rotatable bonds is 8. The highest BCUT2D eigenvalue weighted by molar-refractivity contribution is 5.68. The van der Waals surface area contributed by atoms with E-state index in [2.05, 4.69) is 25.4 Å². The van der Waals surface area contributed by atoms with Crippen LogP contribution in [0.15, 0.2) is 35.1 Å². The zero-order valence-electron chi connectivity index (χ0n) is 27.1. The van der Waals surface area contributed by atoms with Crippen LogP contribution in [0.5, 0.6) is 5.75 Å². The molecule has 0 saturated carbocycles. The van der Waals surface area contributed by atoms with Gasteiger partial charge in [0.25, 0.3) is 0 Å². The molecule has 2 saturated heterocycles. The van der Waals surface area contributed by atoms with E-state index in [4.69, 9.17) is 14.0 Å². The van der Waals surface area contributed by atoms with E-state index in [-0.39, 0.29) is 23.7 Å². The first kappa shape index (κ1) is 32.4. The Balaban J connectivity index is 1.20. The maximum Gasteiger partial charge on any atom is 0.407 e. The van der Waals surface area contributed by atoms with Crippen molar-refractivity contribution in [2.75, 3.05) is 36.0 Å². The molecule has 3 aromatic rings. The minimum absolute atomic E-state index is 0.0703. The van der Waals surface area contributed by atoms with Crippen LogP contribution in [0.2, 0.25) is 0 Å². The molecule has 1 amide bonds. The Morgan fingerprint density at radius 3 is 2.42 bits per heavy atom. The number of aromatic nitrogens is 4. The van der Waals surface area contributed by atoms with E-state index in [9.17, 15) is 14.3 Å². The van der Waals surface area contributed by atoms with Gasteiger partial charge in [-0.25, -0.2) is 19.2 Å².